The average Bonchev–Trinajstić information content (AvgIpc) is 3.35. The molecule has 31 heavy (non-hydrogen) atoms. The summed E-state index contributed by atoms with van der Waals surface area (Å²) in [5.41, 5.74) is -0.202. The van der Waals surface area contributed by atoms with Crippen LogP contribution in [0.4, 0.5) is 23.8 Å². The Morgan fingerprint density at radius 2 is 2.03 bits per heavy atom. The number of alkyl halides is 3. The summed E-state index contributed by atoms with van der Waals surface area (Å²) in [6.07, 6.45) is -2.93. The summed E-state index contributed by atoms with van der Waals surface area (Å²) < 4.78 is 44.5. The van der Waals surface area contributed by atoms with E-state index in [9.17, 15) is 18.0 Å². The molecule has 13 heteroatoms. The molecule has 1 amide bonds. The number of anilines is 1. The van der Waals surface area contributed by atoms with Gasteiger partial charge in [0.05, 0.1) is 17.8 Å². The molecule has 0 unspecified atom stereocenters. The van der Waals surface area contributed by atoms with Crippen molar-refractivity contribution in [3.05, 3.63) is 60.3 Å². The van der Waals surface area contributed by atoms with E-state index < -0.39 is 18.0 Å². The molecular weight excluding hydrogens is 421 g/mol. The van der Waals surface area contributed by atoms with Gasteiger partial charge in [0.15, 0.2) is 5.82 Å². The second kappa shape index (κ2) is 7.95. The molecule has 0 saturated carbocycles. The van der Waals surface area contributed by atoms with Gasteiger partial charge in [-0.05, 0) is 24.3 Å². The van der Waals surface area contributed by atoms with Crippen molar-refractivity contribution in [3.63, 3.8) is 0 Å². The summed E-state index contributed by atoms with van der Waals surface area (Å²) in [6.45, 7) is -0.254. The zero-order valence-electron chi connectivity index (χ0n) is 15.4. The van der Waals surface area contributed by atoms with Gasteiger partial charge in [0.1, 0.15) is 17.8 Å². The number of aromatic nitrogens is 5. The first-order valence-corrected chi connectivity index (χ1v) is 8.64. The van der Waals surface area contributed by atoms with E-state index in [2.05, 4.69) is 20.4 Å². The van der Waals surface area contributed by atoms with Crippen molar-refractivity contribution in [2.45, 2.75) is 12.8 Å². The average molecular weight is 434 g/mol. The maximum atomic E-state index is 12.6. The Hall–Kier alpha value is -4.13. The first kappa shape index (κ1) is 20.2. The molecule has 0 radical (unpaired) electrons. The largest absolute Gasteiger partial charge is 0.439 e. The van der Waals surface area contributed by atoms with Crippen molar-refractivity contribution in [3.8, 4) is 11.6 Å². The predicted molar refractivity (Wildman–Crippen MR) is 99.2 cm³/mol. The fraction of sp³-hybridized carbons (Fsp3) is 0.111. The molecule has 0 spiro atoms. The van der Waals surface area contributed by atoms with Crippen LogP contribution < -0.4 is 14.9 Å². The van der Waals surface area contributed by atoms with Crippen LogP contribution in [0.3, 0.4) is 0 Å². The number of rotatable bonds is 5. The first-order valence-electron chi connectivity index (χ1n) is 8.64. The van der Waals surface area contributed by atoms with Gasteiger partial charge in [0, 0.05) is 23.7 Å². The molecule has 3 aromatic heterocycles. The Morgan fingerprint density at radius 3 is 2.77 bits per heavy atom. The highest BCUT2D eigenvalue weighted by Gasteiger charge is 2.33. The smallest absolute Gasteiger partial charge is 0.437 e. The van der Waals surface area contributed by atoms with Crippen molar-refractivity contribution >= 4 is 22.8 Å². The van der Waals surface area contributed by atoms with Gasteiger partial charge in [-0.2, -0.15) is 23.0 Å². The fourth-order valence-corrected chi connectivity index (χ4v) is 2.63. The van der Waals surface area contributed by atoms with Crippen molar-refractivity contribution in [2.24, 2.45) is 0 Å². The first-order chi connectivity index (χ1) is 14.8. The quantitative estimate of drug-likeness (QED) is 0.440. The molecule has 0 fully saturated rings. The van der Waals surface area contributed by atoms with E-state index in [0.717, 1.165) is 4.73 Å². The molecule has 0 aliphatic rings. The number of hydrogen-bond acceptors (Lipinski definition) is 7. The number of ether oxygens (including phenoxy) is 1. The number of hydrogen-bond donors (Lipinski definition) is 3. The van der Waals surface area contributed by atoms with Crippen molar-refractivity contribution in [1.82, 2.24) is 24.9 Å². The molecule has 1 aromatic carbocycles. The van der Waals surface area contributed by atoms with E-state index >= 15 is 0 Å². The minimum atomic E-state index is -4.61. The molecular formula is C18H13F3N6O4. The van der Waals surface area contributed by atoms with E-state index in [1.54, 1.807) is 29.4 Å². The van der Waals surface area contributed by atoms with Crippen LogP contribution >= 0.6 is 0 Å². The van der Waals surface area contributed by atoms with Crippen LogP contribution in [0.15, 0.2) is 48.9 Å². The summed E-state index contributed by atoms with van der Waals surface area (Å²) in [5.74, 6) is 0.343. The molecule has 0 saturated heterocycles. The van der Waals surface area contributed by atoms with E-state index in [0.29, 0.717) is 28.4 Å². The summed E-state index contributed by atoms with van der Waals surface area (Å²) in [5, 5.41) is 17.0. The number of H-pyrrole nitrogens is 1. The molecule has 4 aromatic rings. The number of halogens is 3. The number of aromatic amines is 1. The maximum Gasteiger partial charge on any atom is 0.437 e. The SMILES string of the molecule is O=C(Nc1cc(C(F)(F)F)[nH]n1)On1ccc2cc(Oc3cc(CO)ncn3)ccc21. The number of aliphatic hydroxyl groups is 1. The highest BCUT2D eigenvalue weighted by molar-refractivity contribution is 5.86. The number of nitrogens with zero attached hydrogens (tertiary/aromatic N) is 4. The summed E-state index contributed by atoms with van der Waals surface area (Å²) >= 11 is 0. The number of benzene rings is 1. The number of fused-ring (bicyclic) bond motifs is 1. The van der Waals surface area contributed by atoms with Gasteiger partial charge in [-0.15, -0.1) is 0 Å². The van der Waals surface area contributed by atoms with Gasteiger partial charge >= 0.3 is 12.3 Å². The third-order valence-corrected chi connectivity index (χ3v) is 4.00. The molecule has 0 aliphatic carbocycles. The van der Waals surface area contributed by atoms with Crippen LogP contribution in [0.1, 0.15) is 11.4 Å². The van der Waals surface area contributed by atoms with Crippen LogP contribution in [-0.2, 0) is 12.8 Å². The summed E-state index contributed by atoms with van der Waals surface area (Å²) in [7, 11) is 0. The number of nitrogens with one attached hydrogen (secondary N) is 2. The fourth-order valence-electron chi connectivity index (χ4n) is 2.63. The van der Waals surface area contributed by atoms with Gasteiger partial charge in [-0.25, -0.2) is 14.8 Å². The normalized spacial score (nSPS) is 11.5. The van der Waals surface area contributed by atoms with Crippen LogP contribution in [0.2, 0.25) is 0 Å². The number of carbonyl (C=O) groups is 1. The van der Waals surface area contributed by atoms with Gasteiger partial charge in [-0.3, -0.25) is 10.4 Å². The Kier molecular flexibility index (Phi) is 5.17. The summed E-state index contributed by atoms with van der Waals surface area (Å²) in [6, 6.07) is 8.66. The lowest BCUT2D eigenvalue weighted by atomic mass is 10.2. The molecule has 160 valence electrons. The number of amides is 1. The molecule has 4 rings (SSSR count). The van der Waals surface area contributed by atoms with Gasteiger partial charge in [-0.1, -0.05) is 0 Å². The Morgan fingerprint density at radius 1 is 1.19 bits per heavy atom. The standard InChI is InChI=1S/C18H13F3N6O4/c19-18(20,21)14-7-15(26-25-14)24-17(29)31-27-4-3-10-5-12(1-2-13(10)27)30-16-6-11(8-28)22-9-23-16/h1-7,9,28H,8H2,(H2,24,25,26,29). The number of aliphatic hydroxyl groups excluding tert-OH is 1. The van der Waals surface area contributed by atoms with E-state index in [-0.39, 0.29) is 18.3 Å². The van der Waals surface area contributed by atoms with Crippen LogP contribution in [0.5, 0.6) is 11.6 Å². The van der Waals surface area contributed by atoms with Crippen molar-refractivity contribution in [1.29, 1.82) is 0 Å². The van der Waals surface area contributed by atoms with Crippen molar-refractivity contribution in [2.75, 3.05) is 5.32 Å². The lowest BCUT2D eigenvalue weighted by Gasteiger charge is -2.08. The van der Waals surface area contributed by atoms with Gasteiger partial charge in [0.2, 0.25) is 5.88 Å². The summed E-state index contributed by atoms with van der Waals surface area (Å²) in [4.78, 5) is 24.9. The topological polar surface area (TPSA) is 127 Å². The van der Waals surface area contributed by atoms with Crippen LogP contribution in [-0.4, -0.2) is 36.1 Å². The second-order valence-electron chi connectivity index (χ2n) is 6.14. The Labute approximate surface area is 171 Å². The van der Waals surface area contributed by atoms with E-state index in [1.807, 2.05) is 0 Å². The van der Waals surface area contributed by atoms with Crippen LogP contribution in [0.25, 0.3) is 10.9 Å². The minimum Gasteiger partial charge on any atom is -0.439 e. The lowest BCUT2D eigenvalue weighted by molar-refractivity contribution is -0.141. The van der Waals surface area contributed by atoms with E-state index in [4.69, 9.17) is 14.7 Å². The second-order valence-corrected chi connectivity index (χ2v) is 6.14. The maximum absolute atomic E-state index is 12.6. The Balaban J connectivity index is 1.45. The zero-order valence-corrected chi connectivity index (χ0v) is 15.4. The molecule has 10 nitrogen and oxygen atoms in total. The van der Waals surface area contributed by atoms with Crippen LogP contribution in [0, 0.1) is 0 Å². The third kappa shape index (κ3) is 4.56. The Bertz CT molecular complexity index is 1240. The highest BCUT2D eigenvalue weighted by Crippen LogP contribution is 2.29. The molecule has 0 atom stereocenters. The highest BCUT2D eigenvalue weighted by atomic mass is 19.4. The molecule has 3 heterocycles. The third-order valence-electron chi connectivity index (χ3n) is 4.00. The molecule has 3 N–H and O–H groups in total. The predicted octanol–water partition coefficient (Wildman–Crippen LogP) is 3.12. The molecule has 0 bridgehead atoms. The minimum absolute atomic E-state index is 0.241. The van der Waals surface area contributed by atoms with Gasteiger partial charge < -0.3 is 14.7 Å². The monoisotopic (exact) mass is 434 g/mol. The lowest BCUT2D eigenvalue weighted by Crippen LogP contribution is -2.24. The van der Waals surface area contributed by atoms with Crippen molar-refractivity contribution < 1.29 is 32.6 Å². The molecule has 0 aliphatic heterocycles. The van der Waals surface area contributed by atoms with Gasteiger partial charge in [0.25, 0.3) is 0 Å². The zero-order chi connectivity index (χ0) is 22.0. The number of carbonyl (C=O) groups excluding carboxylic acids is 1. The van der Waals surface area contributed by atoms with E-state index in [1.165, 1.54) is 18.6 Å².